The summed E-state index contributed by atoms with van der Waals surface area (Å²) in [6.45, 7) is 15.1. The van der Waals surface area contributed by atoms with Crippen LogP contribution in [-0.2, 0) is 9.47 Å². The van der Waals surface area contributed by atoms with E-state index in [0.29, 0.717) is 13.1 Å². The van der Waals surface area contributed by atoms with Crippen LogP contribution in [0, 0.1) is 0 Å². The molecular weight excluding hydrogens is 461 g/mol. The Morgan fingerprint density at radius 1 is 1.26 bits per heavy atom. The minimum absolute atomic E-state index is 0. The van der Waals surface area contributed by atoms with Gasteiger partial charge < -0.3 is 25.0 Å². The van der Waals surface area contributed by atoms with Crippen molar-refractivity contribution < 1.29 is 14.3 Å². The first kappa shape index (κ1) is 26.2. The van der Waals surface area contributed by atoms with Crippen molar-refractivity contribution in [1.29, 1.82) is 0 Å². The van der Waals surface area contributed by atoms with Gasteiger partial charge in [-0.3, -0.25) is 9.89 Å². The molecule has 0 aliphatic carbocycles. The third-order valence-corrected chi connectivity index (χ3v) is 3.80. The molecule has 0 unspecified atom stereocenters. The lowest BCUT2D eigenvalue weighted by Crippen LogP contribution is -2.43. The van der Waals surface area contributed by atoms with Gasteiger partial charge in [-0.15, -0.1) is 24.0 Å². The predicted octanol–water partition coefficient (Wildman–Crippen LogP) is 1.75. The summed E-state index contributed by atoms with van der Waals surface area (Å²) in [5, 5.41) is 6.50. The minimum Gasteiger partial charge on any atom is -0.444 e. The number of amides is 1. The van der Waals surface area contributed by atoms with Gasteiger partial charge in [0.15, 0.2) is 5.96 Å². The molecule has 1 rings (SSSR count). The Labute approximate surface area is 181 Å². The van der Waals surface area contributed by atoms with E-state index in [1.54, 1.807) is 11.9 Å². The summed E-state index contributed by atoms with van der Waals surface area (Å²) in [5.41, 5.74) is -0.477. The van der Waals surface area contributed by atoms with Gasteiger partial charge in [0.25, 0.3) is 0 Å². The number of halogens is 1. The standard InChI is InChI=1S/C18H37N5O3.HI/c1-6-19-16(20-8-7-10-23-12-14-25-15-13-23)21-9-11-22(5)17(24)26-18(2,3)4;/h6-15H2,1-5H3,(H2,19,20,21);1H. The quantitative estimate of drug-likeness (QED) is 0.229. The molecular formula is C18H38IN5O3. The summed E-state index contributed by atoms with van der Waals surface area (Å²) in [6, 6.07) is 0. The fourth-order valence-corrected chi connectivity index (χ4v) is 2.42. The molecule has 0 spiro atoms. The molecule has 1 amide bonds. The zero-order chi connectivity index (χ0) is 19.4. The van der Waals surface area contributed by atoms with E-state index >= 15 is 0 Å². The van der Waals surface area contributed by atoms with Crippen LogP contribution < -0.4 is 10.6 Å². The zero-order valence-electron chi connectivity index (χ0n) is 17.5. The molecule has 0 aromatic heterocycles. The summed E-state index contributed by atoms with van der Waals surface area (Å²) in [5.74, 6) is 0.784. The SMILES string of the molecule is CCNC(=NCCCN1CCOCC1)NCCN(C)C(=O)OC(C)(C)C.I. The Bertz CT molecular complexity index is 437. The number of carbonyl (C=O) groups is 1. The van der Waals surface area contributed by atoms with Gasteiger partial charge in [-0.25, -0.2) is 4.79 Å². The maximum absolute atomic E-state index is 11.9. The van der Waals surface area contributed by atoms with Crippen molar-refractivity contribution in [3.8, 4) is 0 Å². The summed E-state index contributed by atoms with van der Waals surface area (Å²) in [7, 11) is 1.74. The van der Waals surface area contributed by atoms with Crippen LogP contribution in [0.2, 0.25) is 0 Å². The fourth-order valence-electron chi connectivity index (χ4n) is 2.42. The van der Waals surface area contributed by atoms with Crippen LogP contribution in [-0.4, -0.2) is 93.5 Å². The third kappa shape index (κ3) is 13.1. The highest BCUT2D eigenvalue weighted by molar-refractivity contribution is 14.0. The van der Waals surface area contributed by atoms with E-state index in [2.05, 4.69) is 20.5 Å². The van der Waals surface area contributed by atoms with E-state index in [9.17, 15) is 4.79 Å². The second-order valence-corrected chi connectivity index (χ2v) is 7.40. The molecule has 0 aromatic rings. The molecule has 1 fully saturated rings. The van der Waals surface area contributed by atoms with Gasteiger partial charge in [0.1, 0.15) is 5.60 Å². The van der Waals surface area contributed by atoms with Gasteiger partial charge in [0.05, 0.1) is 13.2 Å². The number of carbonyl (C=O) groups excluding carboxylic acids is 1. The smallest absolute Gasteiger partial charge is 0.410 e. The first-order valence-corrected chi connectivity index (χ1v) is 9.58. The summed E-state index contributed by atoms with van der Waals surface area (Å²) < 4.78 is 10.7. The highest BCUT2D eigenvalue weighted by atomic mass is 127. The average molecular weight is 499 g/mol. The summed E-state index contributed by atoms with van der Waals surface area (Å²) >= 11 is 0. The highest BCUT2D eigenvalue weighted by Gasteiger charge is 2.19. The average Bonchev–Trinajstić information content (AvgIpc) is 2.58. The molecule has 0 aromatic carbocycles. The predicted molar refractivity (Wildman–Crippen MR) is 120 cm³/mol. The summed E-state index contributed by atoms with van der Waals surface area (Å²) in [4.78, 5) is 20.5. The Morgan fingerprint density at radius 2 is 1.93 bits per heavy atom. The number of hydrogen-bond acceptors (Lipinski definition) is 5. The molecule has 1 saturated heterocycles. The second kappa shape index (κ2) is 14.2. The van der Waals surface area contributed by atoms with E-state index in [-0.39, 0.29) is 30.1 Å². The number of hydrogen-bond donors (Lipinski definition) is 2. The third-order valence-electron chi connectivity index (χ3n) is 3.80. The molecule has 1 aliphatic rings. The maximum atomic E-state index is 11.9. The van der Waals surface area contributed by atoms with Crippen molar-refractivity contribution in [1.82, 2.24) is 20.4 Å². The molecule has 2 N–H and O–H groups in total. The highest BCUT2D eigenvalue weighted by Crippen LogP contribution is 2.08. The number of rotatable bonds is 8. The molecule has 1 aliphatic heterocycles. The lowest BCUT2D eigenvalue weighted by Gasteiger charge is -2.26. The number of aliphatic imine (C=N–C) groups is 1. The number of guanidine groups is 1. The number of ether oxygens (including phenoxy) is 2. The van der Waals surface area contributed by atoms with Crippen LogP contribution in [0.5, 0.6) is 0 Å². The van der Waals surface area contributed by atoms with Crippen molar-refractivity contribution in [2.75, 3.05) is 66.1 Å². The van der Waals surface area contributed by atoms with E-state index in [0.717, 1.165) is 58.3 Å². The van der Waals surface area contributed by atoms with Gasteiger partial charge in [0, 0.05) is 52.9 Å². The lowest BCUT2D eigenvalue weighted by molar-refractivity contribution is 0.0302. The Balaban J connectivity index is 0.00000676. The van der Waals surface area contributed by atoms with Crippen LogP contribution in [0.1, 0.15) is 34.1 Å². The maximum Gasteiger partial charge on any atom is 0.410 e. The topological polar surface area (TPSA) is 78.4 Å². The van der Waals surface area contributed by atoms with Crippen LogP contribution in [0.25, 0.3) is 0 Å². The molecule has 8 nitrogen and oxygen atoms in total. The molecule has 27 heavy (non-hydrogen) atoms. The van der Waals surface area contributed by atoms with Crippen molar-refractivity contribution in [3.05, 3.63) is 0 Å². The van der Waals surface area contributed by atoms with Gasteiger partial charge in [-0.1, -0.05) is 0 Å². The van der Waals surface area contributed by atoms with E-state index in [1.807, 2.05) is 27.7 Å². The van der Waals surface area contributed by atoms with E-state index < -0.39 is 5.60 Å². The van der Waals surface area contributed by atoms with Crippen LogP contribution in [0.15, 0.2) is 4.99 Å². The fraction of sp³-hybridized carbons (Fsp3) is 0.889. The molecule has 0 radical (unpaired) electrons. The zero-order valence-corrected chi connectivity index (χ0v) is 19.9. The monoisotopic (exact) mass is 499 g/mol. The Hall–Kier alpha value is -0.810. The number of morpholine rings is 1. The van der Waals surface area contributed by atoms with Crippen molar-refractivity contribution in [3.63, 3.8) is 0 Å². The minimum atomic E-state index is -0.477. The molecule has 9 heteroatoms. The number of likely N-dealkylation sites (N-methyl/N-ethyl adjacent to an activating group) is 1. The van der Waals surface area contributed by atoms with Crippen LogP contribution in [0.4, 0.5) is 4.79 Å². The van der Waals surface area contributed by atoms with Crippen molar-refractivity contribution >= 4 is 36.0 Å². The second-order valence-electron chi connectivity index (χ2n) is 7.40. The van der Waals surface area contributed by atoms with Crippen LogP contribution >= 0.6 is 24.0 Å². The van der Waals surface area contributed by atoms with E-state index in [1.165, 1.54) is 0 Å². The van der Waals surface area contributed by atoms with Gasteiger partial charge in [-0.05, 0) is 34.1 Å². The van der Waals surface area contributed by atoms with Crippen molar-refractivity contribution in [2.45, 2.75) is 39.7 Å². The first-order valence-electron chi connectivity index (χ1n) is 9.58. The first-order chi connectivity index (χ1) is 12.3. The molecule has 0 saturated carbocycles. The summed E-state index contributed by atoms with van der Waals surface area (Å²) in [6.07, 6.45) is 0.709. The molecule has 1 heterocycles. The van der Waals surface area contributed by atoms with Gasteiger partial charge in [0.2, 0.25) is 0 Å². The number of nitrogens with one attached hydrogen (secondary N) is 2. The normalized spacial score (nSPS) is 15.7. The molecule has 0 atom stereocenters. The number of nitrogens with zero attached hydrogens (tertiary/aromatic N) is 3. The Kier molecular flexibility index (Phi) is 13.8. The van der Waals surface area contributed by atoms with Gasteiger partial charge in [-0.2, -0.15) is 0 Å². The van der Waals surface area contributed by atoms with E-state index in [4.69, 9.17) is 9.47 Å². The van der Waals surface area contributed by atoms with Crippen molar-refractivity contribution in [2.24, 2.45) is 4.99 Å². The van der Waals surface area contributed by atoms with Gasteiger partial charge >= 0.3 is 6.09 Å². The molecule has 160 valence electrons. The lowest BCUT2D eigenvalue weighted by atomic mass is 10.2. The van der Waals surface area contributed by atoms with Crippen LogP contribution in [0.3, 0.4) is 0 Å². The molecule has 0 bridgehead atoms. The Morgan fingerprint density at radius 3 is 2.52 bits per heavy atom. The largest absolute Gasteiger partial charge is 0.444 e.